The fourth-order valence-electron chi connectivity index (χ4n) is 7.64. The normalized spacial score (nSPS) is 13.5. The molecule has 2 heteroatoms. The molecular formula is C41H28N2. The van der Waals surface area contributed by atoms with E-state index in [1.807, 2.05) is 0 Å². The Balaban J connectivity index is 1.44. The predicted octanol–water partition coefficient (Wildman–Crippen LogP) is 10.7. The van der Waals surface area contributed by atoms with E-state index < -0.39 is 0 Å². The standard InChI is InChI=1S/C41H28N2/c1-41(2)37-30-20-10-8-18-28(30)33(40-42-35-23-13-12-22-32(35)39(43-40)25-14-4-3-5-15-25)24-34(37)36-29-19-9-6-16-26(29)27-17-7-11-21-31(27)38(36)41/h3-24H,1-2H3. The molecule has 1 heterocycles. The Morgan fingerprint density at radius 3 is 1.70 bits per heavy atom. The van der Waals surface area contributed by atoms with Crippen molar-refractivity contribution in [1.29, 1.82) is 0 Å². The number of benzene rings is 7. The second-order valence-electron chi connectivity index (χ2n) is 12.1. The summed E-state index contributed by atoms with van der Waals surface area (Å²) in [5.74, 6) is 0.757. The first-order valence-electron chi connectivity index (χ1n) is 14.9. The van der Waals surface area contributed by atoms with Gasteiger partial charge in [-0.3, -0.25) is 0 Å². The number of hydrogen-bond donors (Lipinski definition) is 0. The minimum absolute atomic E-state index is 0.189. The van der Waals surface area contributed by atoms with Gasteiger partial charge in [0.05, 0.1) is 11.2 Å². The number of fused-ring (bicyclic) bond motifs is 11. The molecule has 43 heavy (non-hydrogen) atoms. The molecular weight excluding hydrogens is 520 g/mol. The van der Waals surface area contributed by atoms with Crippen LogP contribution in [0.3, 0.4) is 0 Å². The van der Waals surface area contributed by atoms with Crippen LogP contribution in [-0.4, -0.2) is 9.97 Å². The molecule has 8 aromatic rings. The van der Waals surface area contributed by atoms with Crippen molar-refractivity contribution in [1.82, 2.24) is 9.97 Å². The number of para-hydroxylation sites is 1. The van der Waals surface area contributed by atoms with E-state index in [9.17, 15) is 0 Å². The summed E-state index contributed by atoms with van der Waals surface area (Å²) >= 11 is 0. The van der Waals surface area contributed by atoms with Crippen molar-refractivity contribution >= 4 is 43.2 Å². The van der Waals surface area contributed by atoms with E-state index in [-0.39, 0.29) is 5.41 Å². The summed E-state index contributed by atoms with van der Waals surface area (Å²) in [6.45, 7) is 4.79. The third-order valence-electron chi connectivity index (χ3n) is 9.39. The zero-order valence-corrected chi connectivity index (χ0v) is 24.1. The quantitative estimate of drug-likeness (QED) is 0.201. The summed E-state index contributed by atoms with van der Waals surface area (Å²) < 4.78 is 0. The second-order valence-corrected chi connectivity index (χ2v) is 12.1. The van der Waals surface area contributed by atoms with Crippen LogP contribution < -0.4 is 0 Å². The first kappa shape index (κ1) is 24.3. The molecule has 1 aromatic heterocycles. The molecule has 9 rings (SSSR count). The fourth-order valence-corrected chi connectivity index (χ4v) is 7.64. The van der Waals surface area contributed by atoms with Gasteiger partial charge in [-0.1, -0.05) is 135 Å². The monoisotopic (exact) mass is 548 g/mol. The lowest BCUT2D eigenvalue weighted by atomic mass is 9.77. The molecule has 1 aliphatic carbocycles. The van der Waals surface area contributed by atoms with Gasteiger partial charge in [-0.25, -0.2) is 9.97 Å². The summed E-state index contributed by atoms with van der Waals surface area (Å²) in [6, 6.07) is 47.8. The van der Waals surface area contributed by atoms with Crippen molar-refractivity contribution in [3.8, 4) is 33.8 Å². The minimum atomic E-state index is -0.189. The van der Waals surface area contributed by atoms with Crippen molar-refractivity contribution in [2.24, 2.45) is 0 Å². The predicted molar refractivity (Wildman–Crippen MR) is 180 cm³/mol. The molecule has 0 spiro atoms. The molecule has 0 radical (unpaired) electrons. The molecule has 0 saturated heterocycles. The van der Waals surface area contributed by atoms with Gasteiger partial charge < -0.3 is 0 Å². The maximum atomic E-state index is 5.31. The Labute approximate surface area is 250 Å². The van der Waals surface area contributed by atoms with Crippen LogP contribution in [0.15, 0.2) is 133 Å². The SMILES string of the molecule is CC1(C)c2c(cc(-c3nc(-c4ccccc4)c4ccccc4n3)c3ccccc23)-c2c1c1ccccc1c1ccccc21. The van der Waals surface area contributed by atoms with Gasteiger partial charge in [-0.05, 0) is 66.7 Å². The Bertz CT molecular complexity index is 2420. The summed E-state index contributed by atoms with van der Waals surface area (Å²) in [4.78, 5) is 10.5. The van der Waals surface area contributed by atoms with Crippen LogP contribution in [0.2, 0.25) is 0 Å². The topological polar surface area (TPSA) is 25.8 Å². The Morgan fingerprint density at radius 2 is 0.977 bits per heavy atom. The largest absolute Gasteiger partial charge is 0.228 e. The highest BCUT2D eigenvalue weighted by molar-refractivity contribution is 6.20. The Kier molecular flexibility index (Phi) is 4.99. The number of aromatic nitrogens is 2. The van der Waals surface area contributed by atoms with Crippen LogP contribution in [0.5, 0.6) is 0 Å². The van der Waals surface area contributed by atoms with Gasteiger partial charge in [0, 0.05) is 21.9 Å². The van der Waals surface area contributed by atoms with Crippen molar-refractivity contribution in [3.63, 3.8) is 0 Å². The molecule has 0 fully saturated rings. The summed E-state index contributed by atoms with van der Waals surface area (Å²) in [5, 5.41) is 8.75. The van der Waals surface area contributed by atoms with Crippen LogP contribution in [0.1, 0.15) is 25.0 Å². The average molecular weight is 549 g/mol. The lowest BCUT2D eigenvalue weighted by molar-refractivity contribution is 0.672. The third kappa shape index (κ3) is 3.35. The van der Waals surface area contributed by atoms with E-state index in [1.165, 1.54) is 54.6 Å². The summed E-state index contributed by atoms with van der Waals surface area (Å²) in [6.07, 6.45) is 0. The molecule has 0 bridgehead atoms. The lowest BCUT2D eigenvalue weighted by Gasteiger charge is -2.25. The average Bonchev–Trinajstić information content (AvgIpc) is 3.31. The van der Waals surface area contributed by atoms with Crippen LogP contribution in [0, 0.1) is 0 Å². The molecule has 1 aliphatic rings. The van der Waals surface area contributed by atoms with Gasteiger partial charge in [0.25, 0.3) is 0 Å². The van der Waals surface area contributed by atoms with Gasteiger partial charge in [-0.15, -0.1) is 0 Å². The van der Waals surface area contributed by atoms with Gasteiger partial charge in [-0.2, -0.15) is 0 Å². The van der Waals surface area contributed by atoms with E-state index in [4.69, 9.17) is 9.97 Å². The molecule has 0 N–H and O–H groups in total. The van der Waals surface area contributed by atoms with E-state index >= 15 is 0 Å². The Hall–Kier alpha value is -5.34. The van der Waals surface area contributed by atoms with Crippen molar-refractivity contribution in [2.75, 3.05) is 0 Å². The number of hydrogen-bond acceptors (Lipinski definition) is 2. The zero-order chi connectivity index (χ0) is 28.7. The van der Waals surface area contributed by atoms with E-state index in [0.717, 1.165) is 33.5 Å². The van der Waals surface area contributed by atoms with Crippen molar-refractivity contribution in [3.05, 3.63) is 145 Å². The third-order valence-corrected chi connectivity index (χ3v) is 9.39. The number of rotatable bonds is 2. The summed E-state index contributed by atoms with van der Waals surface area (Å²) in [5.41, 5.74) is 9.30. The maximum Gasteiger partial charge on any atom is 0.161 e. The van der Waals surface area contributed by atoms with Gasteiger partial charge >= 0.3 is 0 Å². The molecule has 7 aromatic carbocycles. The highest BCUT2D eigenvalue weighted by Gasteiger charge is 2.40. The van der Waals surface area contributed by atoms with Crippen molar-refractivity contribution < 1.29 is 0 Å². The van der Waals surface area contributed by atoms with Crippen LogP contribution >= 0.6 is 0 Å². The zero-order valence-electron chi connectivity index (χ0n) is 24.1. The Morgan fingerprint density at radius 1 is 0.442 bits per heavy atom. The van der Waals surface area contributed by atoms with Crippen LogP contribution in [0.4, 0.5) is 0 Å². The molecule has 0 amide bonds. The second kappa shape index (κ2) is 8.83. The van der Waals surface area contributed by atoms with Gasteiger partial charge in [0.1, 0.15) is 0 Å². The van der Waals surface area contributed by atoms with Crippen LogP contribution in [-0.2, 0) is 5.41 Å². The number of nitrogens with zero attached hydrogens (tertiary/aromatic N) is 2. The van der Waals surface area contributed by atoms with E-state index in [2.05, 4.69) is 147 Å². The molecule has 0 saturated carbocycles. The highest BCUT2D eigenvalue weighted by Crippen LogP contribution is 2.57. The highest BCUT2D eigenvalue weighted by atomic mass is 14.9. The van der Waals surface area contributed by atoms with Crippen molar-refractivity contribution in [2.45, 2.75) is 19.3 Å². The van der Waals surface area contributed by atoms with E-state index in [0.29, 0.717) is 0 Å². The molecule has 2 nitrogen and oxygen atoms in total. The van der Waals surface area contributed by atoms with Gasteiger partial charge in [0.2, 0.25) is 0 Å². The van der Waals surface area contributed by atoms with Gasteiger partial charge in [0.15, 0.2) is 5.82 Å². The molecule has 0 unspecified atom stereocenters. The first-order chi connectivity index (χ1) is 21.1. The maximum absolute atomic E-state index is 5.31. The lowest BCUT2D eigenvalue weighted by Crippen LogP contribution is -2.16. The van der Waals surface area contributed by atoms with E-state index in [1.54, 1.807) is 0 Å². The first-order valence-corrected chi connectivity index (χ1v) is 14.9. The minimum Gasteiger partial charge on any atom is -0.228 e. The molecule has 0 aliphatic heterocycles. The molecule has 0 atom stereocenters. The fraction of sp³-hybridized carbons (Fsp3) is 0.0732. The van der Waals surface area contributed by atoms with Crippen LogP contribution in [0.25, 0.3) is 77.0 Å². The summed E-state index contributed by atoms with van der Waals surface area (Å²) in [7, 11) is 0. The molecule has 202 valence electrons. The smallest absolute Gasteiger partial charge is 0.161 e.